The molecule has 0 bridgehead atoms. The Labute approximate surface area is 202 Å². The van der Waals surface area contributed by atoms with Gasteiger partial charge in [0, 0.05) is 26.0 Å². The van der Waals surface area contributed by atoms with Crippen molar-refractivity contribution in [2.75, 3.05) is 12.3 Å². The van der Waals surface area contributed by atoms with Crippen LogP contribution in [-0.4, -0.2) is 23.3 Å². The van der Waals surface area contributed by atoms with Crippen LogP contribution in [0.4, 0.5) is 5.69 Å². The number of thiophene rings is 1. The molecule has 32 heavy (non-hydrogen) atoms. The Morgan fingerprint density at radius 1 is 1.12 bits per heavy atom. The van der Waals surface area contributed by atoms with Crippen LogP contribution in [0.15, 0.2) is 53.0 Å². The third kappa shape index (κ3) is 4.03. The predicted octanol–water partition coefficient (Wildman–Crippen LogP) is 6.68. The number of aromatic nitrogens is 1. The van der Waals surface area contributed by atoms with Crippen LogP contribution in [0.25, 0.3) is 21.3 Å². The molecule has 0 saturated carbocycles. The summed E-state index contributed by atoms with van der Waals surface area (Å²) in [5.41, 5.74) is 9.55. The number of esters is 1. The fourth-order valence-electron chi connectivity index (χ4n) is 3.53. The Morgan fingerprint density at radius 2 is 1.78 bits per heavy atom. The van der Waals surface area contributed by atoms with Gasteiger partial charge in [-0.1, -0.05) is 39.7 Å². The second-order valence-corrected chi connectivity index (χ2v) is 9.39. The molecule has 0 radical (unpaired) electrons. The molecule has 0 fully saturated rings. The van der Waals surface area contributed by atoms with Gasteiger partial charge in [-0.2, -0.15) is 0 Å². The Balaban J connectivity index is 2.01. The number of halogens is 2. The number of hydrogen-bond acceptors (Lipinski definition) is 6. The van der Waals surface area contributed by atoms with E-state index >= 15 is 0 Å². The number of nitrogen functional groups attached to an aromatic ring is 1. The molecule has 8 heteroatoms. The van der Waals surface area contributed by atoms with E-state index in [0.717, 1.165) is 10.0 Å². The number of carbonyl (C=O) groups excluding carboxylic acids is 2. The zero-order valence-electron chi connectivity index (χ0n) is 17.2. The molecule has 4 aromatic rings. The van der Waals surface area contributed by atoms with Gasteiger partial charge in [-0.25, -0.2) is 9.78 Å². The lowest BCUT2D eigenvalue weighted by atomic mass is 9.95. The van der Waals surface area contributed by atoms with Crippen molar-refractivity contribution in [3.63, 3.8) is 0 Å². The lowest BCUT2D eigenvalue weighted by molar-refractivity contribution is 0.0526. The average molecular weight is 530 g/mol. The molecule has 2 heterocycles. The molecule has 0 aliphatic heterocycles. The third-order valence-corrected chi connectivity index (χ3v) is 6.86. The zero-order valence-corrected chi connectivity index (χ0v) is 20.4. The fourth-order valence-corrected chi connectivity index (χ4v) is 5.03. The molecule has 2 aromatic heterocycles. The number of carbonyl (C=O) groups is 2. The van der Waals surface area contributed by atoms with Gasteiger partial charge in [0.25, 0.3) is 0 Å². The molecule has 4 rings (SSSR count). The fraction of sp³-hybridized carbons (Fsp3) is 0.125. The first kappa shape index (κ1) is 22.5. The third-order valence-electron chi connectivity index (χ3n) is 4.98. The van der Waals surface area contributed by atoms with Crippen molar-refractivity contribution in [3.8, 4) is 11.1 Å². The van der Waals surface area contributed by atoms with Gasteiger partial charge in [-0.15, -0.1) is 11.3 Å². The topological polar surface area (TPSA) is 82.3 Å². The van der Waals surface area contributed by atoms with E-state index in [4.69, 9.17) is 22.1 Å². The number of anilines is 1. The molecule has 0 amide bonds. The van der Waals surface area contributed by atoms with Gasteiger partial charge in [0.1, 0.15) is 9.71 Å². The maximum Gasteiger partial charge on any atom is 0.340 e. The Bertz CT molecular complexity index is 1350. The van der Waals surface area contributed by atoms with Crippen LogP contribution >= 0.6 is 38.9 Å². The molecule has 162 valence electrons. The van der Waals surface area contributed by atoms with Crippen molar-refractivity contribution in [1.29, 1.82) is 0 Å². The first-order chi connectivity index (χ1) is 15.3. The van der Waals surface area contributed by atoms with E-state index in [1.54, 1.807) is 38.1 Å². The number of ether oxygens (including phenoxy) is 1. The number of nitrogens with zero attached hydrogens (tertiary/aromatic N) is 1. The maximum atomic E-state index is 13.2. The molecule has 0 aliphatic rings. The average Bonchev–Trinajstić information content (AvgIpc) is 3.09. The van der Waals surface area contributed by atoms with Gasteiger partial charge in [0.15, 0.2) is 0 Å². The molecular formula is C24H18BrClN2O3S. The molecule has 0 spiro atoms. The highest BCUT2D eigenvalue weighted by molar-refractivity contribution is 9.10. The lowest BCUT2D eigenvalue weighted by Gasteiger charge is -2.14. The molecule has 0 atom stereocenters. The van der Waals surface area contributed by atoms with Crippen LogP contribution < -0.4 is 5.73 Å². The van der Waals surface area contributed by atoms with Gasteiger partial charge in [0.05, 0.1) is 23.6 Å². The standard InChI is InChI=1S/C24H18BrClN2O3S/c1-3-31-24(30)17-12(2)28-23-19(18(17)13-4-8-15(25)9-5-13)20(27)22(32-23)21(29)14-6-10-16(26)11-7-14/h4-11H,3,27H2,1-2H3. The summed E-state index contributed by atoms with van der Waals surface area (Å²) in [4.78, 5) is 31.7. The highest BCUT2D eigenvalue weighted by Gasteiger charge is 2.27. The Morgan fingerprint density at radius 3 is 2.41 bits per heavy atom. The number of fused-ring (bicyclic) bond motifs is 1. The number of hydrogen-bond donors (Lipinski definition) is 1. The van der Waals surface area contributed by atoms with Crippen molar-refractivity contribution in [1.82, 2.24) is 4.98 Å². The summed E-state index contributed by atoms with van der Waals surface area (Å²) in [7, 11) is 0. The molecule has 2 N–H and O–H groups in total. The van der Waals surface area contributed by atoms with Gasteiger partial charge in [0.2, 0.25) is 5.78 Å². The van der Waals surface area contributed by atoms with Crippen molar-refractivity contribution < 1.29 is 14.3 Å². The number of ketones is 1. The van der Waals surface area contributed by atoms with Crippen LogP contribution in [0, 0.1) is 6.92 Å². The Hall–Kier alpha value is -2.74. The summed E-state index contributed by atoms with van der Waals surface area (Å²) < 4.78 is 6.21. The lowest BCUT2D eigenvalue weighted by Crippen LogP contribution is -2.10. The normalized spacial score (nSPS) is 11.0. The van der Waals surface area contributed by atoms with E-state index < -0.39 is 5.97 Å². The van der Waals surface area contributed by atoms with Crippen molar-refractivity contribution in [2.24, 2.45) is 0 Å². The smallest absolute Gasteiger partial charge is 0.340 e. The second-order valence-electron chi connectivity index (χ2n) is 7.04. The monoisotopic (exact) mass is 528 g/mol. The van der Waals surface area contributed by atoms with Crippen LogP contribution in [0.5, 0.6) is 0 Å². The zero-order chi connectivity index (χ0) is 23.0. The van der Waals surface area contributed by atoms with Gasteiger partial charge in [-0.05, 0) is 55.8 Å². The molecule has 2 aromatic carbocycles. The summed E-state index contributed by atoms with van der Waals surface area (Å²) in [6.45, 7) is 3.74. The number of nitrogens with two attached hydrogens (primary N) is 1. The summed E-state index contributed by atoms with van der Waals surface area (Å²) in [6, 6.07) is 14.2. The largest absolute Gasteiger partial charge is 0.462 e. The van der Waals surface area contributed by atoms with Crippen LogP contribution in [0.2, 0.25) is 5.02 Å². The van der Waals surface area contributed by atoms with Crippen molar-refractivity contribution in [2.45, 2.75) is 13.8 Å². The number of rotatable bonds is 5. The maximum absolute atomic E-state index is 13.2. The summed E-state index contributed by atoms with van der Waals surface area (Å²) >= 11 is 10.6. The van der Waals surface area contributed by atoms with Gasteiger partial charge < -0.3 is 10.5 Å². The van der Waals surface area contributed by atoms with Crippen molar-refractivity contribution >= 4 is 66.5 Å². The van der Waals surface area contributed by atoms with Crippen LogP contribution in [0.1, 0.15) is 38.2 Å². The summed E-state index contributed by atoms with van der Waals surface area (Å²) in [5.74, 6) is -0.701. The van der Waals surface area contributed by atoms with E-state index in [-0.39, 0.29) is 12.4 Å². The van der Waals surface area contributed by atoms with Crippen LogP contribution in [-0.2, 0) is 4.74 Å². The quantitative estimate of drug-likeness (QED) is 0.230. The minimum atomic E-state index is -0.478. The van der Waals surface area contributed by atoms with Crippen molar-refractivity contribution in [3.05, 3.63) is 79.7 Å². The molecule has 5 nitrogen and oxygen atoms in total. The highest BCUT2D eigenvalue weighted by Crippen LogP contribution is 2.43. The Kier molecular flexibility index (Phi) is 6.33. The minimum absolute atomic E-state index is 0.223. The second kappa shape index (κ2) is 9.02. The molecular weight excluding hydrogens is 512 g/mol. The predicted molar refractivity (Wildman–Crippen MR) is 133 cm³/mol. The van der Waals surface area contributed by atoms with Crippen LogP contribution in [0.3, 0.4) is 0 Å². The first-order valence-corrected chi connectivity index (χ1v) is 11.8. The van der Waals surface area contributed by atoms with Gasteiger partial charge in [-0.3, -0.25) is 4.79 Å². The molecule has 0 aliphatic carbocycles. The number of pyridine rings is 1. The van der Waals surface area contributed by atoms with Gasteiger partial charge >= 0.3 is 5.97 Å². The SMILES string of the molecule is CCOC(=O)c1c(C)nc2sc(C(=O)c3ccc(Cl)cc3)c(N)c2c1-c1ccc(Br)cc1. The number of benzene rings is 2. The van der Waals surface area contributed by atoms with E-state index in [9.17, 15) is 9.59 Å². The summed E-state index contributed by atoms with van der Waals surface area (Å²) in [6.07, 6.45) is 0. The van der Waals surface area contributed by atoms with E-state index in [1.807, 2.05) is 24.3 Å². The van der Waals surface area contributed by atoms with E-state index in [1.165, 1.54) is 11.3 Å². The number of aryl methyl sites for hydroxylation is 1. The van der Waals surface area contributed by atoms with E-state index in [0.29, 0.717) is 48.2 Å². The van der Waals surface area contributed by atoms with E-state index in [2.05, 4.69) is 20.9 Å². The summed E-state index contributed by atoms with van der Waals surface area (Å²) in [5, 5.41) is 1.11. The molecule has 0 unspecified atom stereocenters. The minimum Gasteiger partial charge on any atom is -0.462 e. The molecule has 0 saturated heterocycles. The highest BCUT2D eigenvalue weighted by atomic mass is 79.9. The first-order valence-electron chi connectivity index (χ1n) is 9.77.